The lowest BCUT2D eigenvalue weighted by Crippen LogP contribution is -2.48. The van der Waals surface area contributed by atoms with Gasteiger partial charge in [-0.15, -0.1) is 11.8 Å². The largest absolute Gasteiger partial charge is 0.346 e. The molecular formula is C18H21N5OS2. The van der Waals surface area contributed by atoms with Crippen LogP contribution in [0.1, 0.15) is 23.3 Å². The van der Waals surface area contributed by atoms with Crippen molar-refractivity contribution in [2.75, 3.05) is 24.2 Å². The van der Waals surface area contributed by atoms with E-state index in [9.17, 15) is 4.79 Å². The third-order valence-corrected chi connectivity index (χ3v) is 6.47. The van der Waals surface area contributed by atoms with Crippen LogP contribution in [0.25, 0.3) is 10.2 Å². The summed E-state index contributed by atoms with van der Waals surface area (Å²) in [6, 6.07) is 6.53. The normalized spacial score (nSPS) is 17.6. The molecule has 6 nitrogen and oxygen atoms in total. The molecule has 136 valence electrons. The highest BCUT2D eigenvalue weighted by Crippen LogP contribution is 2.32. The molecule has 1 saturated heterocycles. The molecule has 3 aromatic rings. The fourth-order valence-electron chi connectivity index (χ4n) is 3.26. The minimum atomic E-state index is -0.0641. The van der Waals surface area contributed by atoms with Gasteiger partial charge in [-0.05, 0) is 37.3 Å². The lowest BCUT2D eigenvalue weighted by atomic mass is 10.1. The molecule has 26 heavy (non-hydrogen) atoms. The van der Waals surface area contributed by atoms with Gasteiger partial charge >= 0.3 is 0 Å². The zero-order valence-corrected chi connectivity index (χ0v) is 16.4. The van der Waals surface area contributed by atoms with E-state index in [1.54, 1.807) is 40.2 Å². The van der Waals surface area contributed by atoms with Gasteiger partial charge in [0.05, 0.1) is 22.7 Å². The SMILES string of the molecule is CSc1ccc2nc(N3CCCC(NC(=O)c4cncn4C)C3)sc2c1. The predicted octanol–water partition coefficient (Wildman–Crippen LogP) is 3.15. The van der Waals surface area contributed by atoms with Gasteiger partial charge in [-0.1, -0.05) is 11.3 Å². The van der Waals surface area contributed by atoms with E-state index in [0.29, 0.717) is 5.69 Å². The van der Waals surface area contributed by atoms with Crippen molar-refractivity contribution in [3.63, 3.8) is 0 Å². The van der Waals surface area contributed by atoms with Crippen LogP contribution in [0.2, 0.25) is 0 Å². The summed E-state index contributed by atoms with van der Waals surface area (Å²) in [6.07, 6.45) is 7.37. The molecule has 1 aliphatic rings. The zero-order valence-electron chi connectivity index (χ0n) is 14.8. The van der Waals surface area contributed by atoms with Gasteiger partial charge in [-0.3, -0.25) is 4.79 Å². The maximum absolute atomic E-state index is 12.4. The van der Waals surface area contributed by atoms with Crippen LogP contribution in [0, 0.1) is 0 Å². The van der Waals surface area contributed by atoms with Crippen molar-refractivity contribution in [3.05, 3.63) is 36.4 Å². The van der Waals surface area contributed by atoms with Crippen molar-refractivity contribution in [1.29, 1.82) is 0 Å². The number of fused-ring (bicyclic) bond motifs is 1. The highest BCUT2D eigenvalue weighted by molar-refractivity contribution is 7.98. The average molecular weight is 388 g/mol. The van der Waals surface area contributed by atoms with Gasteiger partial charge in [0, 0.05) is 31.1 Å². The number of aromatic nitrogens is 3. The van der Waals surface area contributed by atoms with Crippen molar-refractivity contribution < 1.29 is 4.79 Å². The van der Waals surface area contributed by atoms with Gasteiger partial charge in [0.25, 0.3) is 5.91 Å². The maximum atomic E-state index is 12.4. The number of benzene rings is 1. The molecular weight excluding hydrogens is 366 g/mol. The molecule has 1 aromatic carbocycles. The number of amides is 1. The van der Waals surface area contributed by atoms with Crippen LogP contribution < -0.4 is 10.2 Å². The fraction of sp³-hybridized carbons (Fsp3) is 0.389. The smallest absolute Gasteiger partial charge is 0.269 e. The molecule has 0 aliphatic carbocycles. The van der Waals surface area contributed by atoms with E-state index in [1.165, 1.54) is 9.60 Å². The number of carbonyl (C=O) groups excluding carboxylic acids is 1. The molecule has 0 saturated carbocycles. The Bertz CT molecular complexity index is 935. The van der Waals surface area contributed by atoms with Crippen LogP contribution in [0.3, 0.4) is 0 Å². The Labute approximate surface area is 160 Å². The minimum Gasteiger partial charge on any atom is -0.346 e. The molecule has 4 rings (SSSR count). The molecule has 1 N–H and O–H groups in total. The number of aryl methyl sites for hydroxylation is 1. The first-order valence-electron chi connectivity index (χ1n) is 8.61. The third kappa shape index (κ3) is 3.43. The monoisotopic (exact) mass is 387 g/mol. The topological polar surface area (TPSA) is 63.1 Å². The summed E-state index contributed by atoms with van der Waals surface area (Å²) in [5.74, 6) is -0.0641. The second kappa shape index (κ2) is 7.28. The predicted molar refractivity (Wildman–Crippen MR) is 107 cm³/mol. The summed E-state index contributed by atoms with van der Waals surface area (Å²) in [6.45, 7) is 1.77. The molecule has 8 heteroatoms. The number of anilines is 1. The van der Waals surface area contributed by atoms with E-state index in [4.69, 9.17) is 4.98 Å². The second-order valence-corrected chi connectivity index (χ2v) is 8.37. The van der Waals surface area contributed by atoms with Crippen LogP contribution in [-0.2, 0) is 7.05 Å². The lowest BCUT2D eigenvalue weighted by Gasteiger charge is -2.32. The standard InChI is InChI=1S/C18H21N5OS2/c1-22-11-19-9-15(22)17(24)20-12-4-3-7-23(10-12)18-21-14-6-5-13(25-2)8-16(14)26-18/h5-6,8-9,11-12H,3-4,7,10H2,1-2H3,(H,20,24). The Morgan fingerprint density at radius 1 is 1.42 bits per heavy atom. The van der Waals surface area contributed by atoms with Gasteiger partial charge < -0.3 is 14.8 Å². The number of carbonyl (C=O) groups is 1. The molecule has 0 radical (unpaired) electrons. The van der Waals surface area contributed by atoms with E-state index in [1.807, 2.05) is 7.05 Å². The highest BCUT2D eigenvalue weighted by Gasteiger charge is 2.24. The molecule has 1 aliphatic heterocycles. The Kier molecular flexibility index (Phi) is 4.86. The first kappa shape index (κ1) is 17.4. The van der Waals surface area contributed by atoms with Gasteiger partial charge in [-0.25, -0.2) is 9.97 Å². The molecule has 1 unspecified atom stereocenters. The van der Waals surface area contributed by atoms with E-state index in [0.717, 1.165) is 36.6 Å². The number of nitrogens with zero attached hydrogens (tertiary/aromatic N) is 4. The summed E-state index contributed by atoms with van der Waals surface area (Å²) >= 11 is 3.48. The quantitative estimate of drug-likeness (QED) is 0.697. The molecule has 1 amide bonds. The summed E-state index contributed by atoms with van der Waals surface area (Å²) in [4.78, 5) is 24.8. The average Bonchev–Trinajstić information content (AvgIpc) is 3.27. The number of imidazole rings is 1. The highest BCUT2D eigenvalue weighted by atomic mass is 32.2. The number of piperidine rings is 1. The van der Waals surface area contributed by atoms with Crippen LogP contribution in [0.5, 0.6) is 0 Å². The van der Waals surface area contributed by atoms with E-state index in [-0.39, 0.29) is 11.9 Å². The molecule has 2 aromatic heterocycles. The molecule has 0 spiro atoms. The van der Waals surface area contributed by atoms with Crippen LogP contribution in [-0.4, -0.2) is 45.8 Å². The molecule has 1 fully saturated rings. The van der Waals surface area contributed by atoms with Crippen molar-refractivity contribution in [1.82, 2.24) is 19.9 Å². The number of hydrogen-bond acceptors (Lipinski definition) is 6. The van der Waals surface area contributed by atoms with Crippen LogP contribution in [0.4, 0.5) is 5.13 Å². The summed E-state index contributed by atoms with van der Waals surface area (Å²) < 4.78 is 2.96. The van der Waals surface area contributed by atoms with Crippen LogP contribution in [0.15, 0.2) is 35.6 Å². The number of thioether (sulfide) groups is 1. The molecule has 3 heterocycles. The van der Waals surface area contributed by atoms with Gasteiger partial charge in [0.15, 0.2) is 5.13 Å². The van der Waals surface area contributed by atoms with Crippen molar-refractivity contribution in [2.24, 2.45) is 7.05 Å². The van der Waals surface area contributed by atoms with E-state index >= 15 is 0 Å². The van der Waals surface area contributed by atoms with Gasteiger partial charge in [0.1, 0.15) is 5.69 Å². The zero-order chi connectivity index (χ0) is 18.1. The Balaban J connectivity index is 1.48. The van der Waals surface area contributed by atoms with Crippen molar-refractivity contribution >= 4 is 44.4 Å². The van der Waals surface area contributed by atoms with Gasteiger partial charge in [-0.2, -0.15) is 0 Å². The summed E-state index contributed by atoms with van der Waals surface area (Å²) in [7, 11) is 1.83. The van der Waals surface area contributed by atoms with Gasteiger partial charge in [0.2, 0.25) is 0 Å². The number of nitrogens with one attached hydrogen (secondary N) is 1. The summed E-state index contributed by atoms with van der Waals surface area (Å²) in [5, 5.41) is 4.19. The molecule has 1 atom stereocenters. The number of thiazole rings is 1. The second-order valence-electron chi connectivity index (χ2n) is 6.48. The Morgan fingerprint density at radius 3 is 3.08 bits per heavy atom. The van der Waals surface area contributed by atoms with E-state index < -0.39 is 0 Å². The maximum Gasteiger partial charge on any atom is 0.269 e. The van der Waals surface area contributed by atoms with Crippen molar-refractivity contribution in [3.8, 4) is 0 Å². The number of hydrogen-bond donors (Lipinski definition) is 1. The summed E-state index contributed by atoms with van der Waals surface area (Å²) in [5.41, 5.74) is 1.63. The minimum absolute atomic E-state index is 0.0641. The van der Waals surface area contributed by atoms with E-state index in [2.05, 4.69) is 39.7 Å². The van der Waals surface area contributed by atoms with Crippen molar-refractivity contribution in [2.45, 2.75) is 23.8 Å². The third-order valence-electron chi connectivity index (χ3n) is 4.66. The lowest BCUT2D eigenvalue weighted by molar-refractivity contribution is 0.0925. The molecule has 0 bridgehead atoms. The first-order chi connectivity index (χ1) is 12.6. The Morgan fingerprint density at radius 2 is 2.31 bits per heavy atom. The first-order valence-corrected chi connectivity index (χ1v) is 10.6. The fourth-order valence-corrected chi connectivity index (χ4v) is 4.81. The van der Waals surface area contributed by atoms with Crippen LogP contribution >= 0.6 is 23.1 Å². The number of rotatable bonds is 4. The Hall–Kier alpha value is -2.06.